The first kappa shape index (κ1) is 11.7. The molecule has 0 spiro atoms. The summed E-state index contributed by atoms with van der Waals surface area (Å²) in [5.41, 5.74) is -0.677. The van der Waals surface area contributed by atoms with Gasteiger partial charge >= 0.3 is 0 Å². The summed E-state index contributed by atoms with van der Waals surface area (Å²) >= 11 is 0. The fraction of sp³-hybridized carbons (Fsp3) is 0.538. The standard InChI is InChI=1S/C13H18BNO/c14-13(16,11-7-3-1-4-8-11)15-12-9-5-2-6-10-12/h1,3-4,7-8,12,15-16H,2,5-6,9-10H2. The molecule has 2 radical (unpaired) electrons. The molecule has 0 aliphatic heterocycles. The van der Waals surface area contributed by atoms with Gasteiger partial charge in [0.15, 0.2) is 0 Å². The van der Waals surface area contributed by atoms with Gasteiger partial charge < -0.3 is 5.11 Å². The molecule has 1 aromatic rings. The Morgan fingerprint density at radius 2 is 1.75 bits per heavy atom. The third-order valence-electron chi connectivity index (χ3n) is 3.24. The maximum atomic E-state index is 10.2. The van der Waals surface area contributed by atoms with Crippen molar-refractivity contribution >= 4 is 7.85 Å². The van der Waals surface area contributed by atoms with E-state index in [0.29, 0.717) is 6.04 Å². The van der Waals surface area contributed by atoms with Crippen LogP contribution in [0.4, 0.5) is 0 Å². The SMILES string of the molecule is [B]C(O)(NC1CCCCC1)c1ccccc1. The van der Waals surface area contributed by atoms with E-state index in [1.807, 2.05) is 30.3 Å². The third-order valence-corrected chi connectivity index (χ3v) is 3.24. The van der Waals surface area contributed by atoms with Gasteiger partial charge in [0.2, 0.25) is 0 Å². The summed E-state index contributed by atoms with van der Waals surface area (Å²) in [6.07, 6.45) is 5.95. The molecule has 1 aliphatic carbocycles. The van der Waals surface area contributed by atoms with Gasteiger partial charge in [-0.1, -0.05) is 49.6 Å². The summed E-state index contributed by atoms with van der Waals surface area (Å²) in [5.74, 6) is 0. The fourth-order valence-corrected chi connectivity index (χ4v) is 2.33. The Kier molecular flexibility index (Phi) is 3.67. The molecule has 3 heteroatoms. The Bertz CT molecular complexity index is 320. The van der Waals surface area contributed by atoms with Crippen LogP contribution in [0.2, 0.25) is 0 Å². The van der Waals surface area contributed by atoms with E-state index in [9.17, 15) is 5.11 Å². The fourth-order valence-electron chi connectivity index (χ4n) is 2.33. The molecule has 0 saturated heterocycles. The van der Waals surface area contributed by atoms with Crippen molar-refractivity contribution in [1.29, 1.82) is 0 Å². The van der Waals surface area contributed by atoms with Crippen molar-refractivity contribution in [1.82, 2.24) is 5.32 Å². The molecule has 2 nitrogen and oxygen atoms in total. The van der Waals surface area contributed by atoms with E-state index in [-0.39, 0.29) is 0 Å². The topological polar surface area (TPSA) is 32.3 Å². The predicted octanol–water partition coefficient (Wildman–Crippen LogP) is 1.88. The van der Waals surface area contributed by atoms with Crippen LogP contribution < -0.4 is 5.32 Å². The molecule has 0 aromatic heterocycles. The lowest BCUT2D eigenvalue weighted by Crippen LogP contribution is -2.49. The maximum Gasteiger partial charge on any atom is 0.142 e. The molecule has 0 amide bonds. The Labute approximate surface area is 98.5 Å². The molecule has 16 heavy (non-hydrogen) atoms. The first-order chi connectivity index (χ1) is 7.68. The van der Waals surface area contributed by atoms with Crippen LogP contribution in [-0.4, -0.2) is 19.0 Å². The predicted molar refractivity (Wildman–Crippen MR) is 66.1 cm³/mol. The van der Waals surface area contributed by atoms with Crippen LogP contribution in [0.3, 0.4) is 0 Å². The van der Waals surface area contributed by atoms with Crippen molar-refractivity contribution in [3.63, 3.8) is 0 Å². The second-order valence-corrected chi connectivity index (χ2v) is 4.61. The van der Waals surface area contributed by atoms with Gasteiger partial charge in [-0.25, -0.2) is 0 Å². The molecule has 84 valence electrons. The molecule has 2 rings (SSSR count). The summed E-state index contributed by atoms with van der Waals surface area (Å²) in [4.78, 5) is 0. The first-order valence-corrected chi connectivity index (χ1v) is 6.03. The van der Waals surface area contributed by atoms with Gasteiger partial charge in [0.25, 0.3) is 0 Å². The zero-order valence-electron chi connectivity index (χ0n) is 9.52. The van der Waals surface area contributed by atoms with Crippen LogP contribution in [0, 0.1) is 0 Å². The van der Waals surface area contributed by atoms with E-state index in [4.69, 9.17) is 7.85 Å². The Hall–Kier alpha value is -0.795. The zero-order chi connectivity index (χ0) is 11.4. The van der Waals surface area contributed by atoms with Gasteiger partial charge in [0.1, 0.15) is 7.85 Å². The van der Waals surface area contributed by atoms with Crippen molar-refractivity contribution < 1.29 is 5.11 Å². The minimum absolute atomic E-state index is 0.337. The molecule has 1 fully saturated rings. The minimum Gasteiger partial charge on any atom is -0.381 e. The van der Waals surface area contributed by atoms with E-state index in [1.54, 1.807) is 0 Å². The molecule has 1 aromatic carbocycles. The lowest BCUT2D eigenvalue weighted by Gasteiger charge is -2.33. The third kappa shape index (κ3) is 2.86. The quantitative estimate of drug-likeness (QED) is 0.596. The monoisotopic (exact) mass is 215 g/mol. The van der Waals surface area contributed by atoms with Crippen molar-refractivity contribution in [3.8, 4) is 0 Å². The number of hydrogen-bond acceptors (Lipinski definition) is 2. The van der Waals surface area contributed by atoms with Crippen LogP contribution in [0.1, 0.15) is 37.7 Å². The highest BCUT2D eigenvalue weighted by atomic mass is 16.3. The highest BCUT2D eigenvalue weighted by Crippen LogP contribution is 2.22. The molecule has 2 N–H and O–H groups in total. The van der Waals surface area contributed by atoms with Gasteiger partial charge in [-0.3, -0.25) is 5.32 Å². The van der Waals surface area contributed by atoms with Gasteiger partial charge in [-0.15, -0.1) is 0 Å². The van der Waals surface area contributed by atoms with Gasteiger partial charge in [0, 0.05) is 6.04 Å². The first-order valence-electron chi connectivity index (χ1n) is 6.03. The van der Waals surface area contributed by atoms with Crippen molar-refractivity contribution in [2.24, 2.45) is 0 Å². The van der Waals surface area contributed by atoms with E-state index in [2.05, 4.69) is 5.32 Å². The molecule has 1 aliphatic rings. The van der Waals surface area contributed by atoms with Crippen LogP contribution in [0.5, 0.6) is 0 Å². The molecule has 1 unspecified atom stereocenters. The van der Waals surface area contributed by atoms with Crippen LogP contribution in [0.15, 0.2) is 30.3 Å². The molecule has 1 atom stereocenters. The van der Waals surface area contributed by atoms with E-state index < -0.39 is 5.62 Å². The average molecular weight is 215 g/mol. The lowest BCUT2D eigenvalue weighted by atomic mass is 9.82. The Morgan fingerprint density at radius 1 is 1.12 bits per heavy atom. The largest absolute Gasteiger partial charge is 0.381 e. The van der Waals surface area contributed by atoms with Gasteiger partial charge in [-0.2, -0.15) is 0 Å². The summed E-state index contributed by atoms with van der Waals surface area (Å²) in [5, 5.41) is 13.3. The van der Waals surface area contributed by atoms with E-state index >= 15 is 0 Å². The van der Waals surface area contributed by atoms with E-state index in [0.717, 1.165) is 18.4 Å². The highest BCUT2D eigenvalue weighted by Gasteiger charge is 2.26. The normalized spacial score (nSPS) is 21.6. The average Bonchev–Trinajstić information content (AvgIpc) is 2.31. The maximum absolute atomic E-state index is 10.2. The van der Waals surface area contributed by atoms with Crippen molar-refractivity contribution in [2.45, 2.75) is 43.8 Å². The van der Waals surface area contributed by atoms with E-state index in [1.165, 1.54) is 19.3 Å². The second-order valence-electron chi connectivity index (χ2n) is 4.61. The number of benzene rings is 1. The van der Waals surface area contributed by atoms with Crippen molar-refractivity contribution in [2.75, 3.05) is 0 Å². The molecule has 0 bridgehead atoms. The van der Waals surface area contributed by atoms with Crippen LogP contribution in [0.25, 0.3) is 0 Å². The Morgan fingerprint density at radius 3 is 2.38 bits per heavy atom. The lowest BCUT2D eigenvalue weighted by molar-refractivity contribution is 0.0673. The summed E-state index contributed by atoms with van der Waals surface area (Å²) < 4.78 is 0. The smallest absolute Gasteiger partial charge is 0.142 e. The molecule has 1 saturated carbocycles. The number of rotatable bonds is 3. The van der Waals surface area contributed by atoms with Gasteiger partial charge in [0.05, 0.1) is 5.62 Å². The number of nitrogens with one attached hydrogen (secondary N) is 1. The van der Waals surface area contributed by atoms with Crippen LogP contribution in [-0.2, 0) is 5.62 Å². The number of aliphatic hydroxyl groups is 1. The summed E-state index contributed by atoms with van der Waals surface area (Å²) in [6, 6.07) is 9.71. The van der Waals surface area contributed by atoms with Gasteiger partial charge in [-0.05, 0) is 18.4 Å². The number of hydrogen-bond donors (Lipinski definition) is 2. The molecular weight excluding hydrogens is 197 g/mol. The Balaban J connectivity index is 2.01. The summed E-state index contributed by atoms with van der Waals surface area (Å²) in [7, 11) is 5.91. The van der Waals surface area contributed by atoms with Crippen molar-refractivity contribution in [3.05, 3.63) is 35.9 Å². The minimum atomic E-state index is -1.40. The molecular formula is C13H18BNO. The zero-order valence-corrected chi connectivity index (χ0v) is 9.52. The second kappa shape index (κ2) is 5.02. The molecule has 0 heterocycles. The highest BCUT2D eigenvalue weighted by molar-refractivity contribution is 6.14. The van der Waals surface area contributed by atoms with Crippen LogP contribution >= 0.6 is 0 Å². The summed E-state index contributed by atoms with van der Waals surface area (Å²) in [6.45, 7) is 0.